The summed E-state index contributed by atoms with van der Waals surface area (Å²) in [5.74, 6) is -0.903. The molecule has 2 aromatic carbocycles. The highest BCUT2D eigenvalue weighted by Crippen LogP contribution is 2.22. The number of benzene rings is 2. The molecule has 33 heavy (non-hydrogen) atoms. The van der Waals surface area contributed by atoms with Gasteiger partial charge in [0.05, 0.1) is 18.7 Å². The molecule has 11 heteroatoms. The van der Waals surface area contributed by atoms with Gasteiger partial charge >= 0.3 is 0 Å². The molecule has 0 aliphatic rings. The van der Waals surface area contributed by atoms with E-state index in [9.17, 15) is 14.0 Å². The summed E-state index contributed by atoms with van der Waals surface area (Å²) in [7, 11) is 3.07. The first-order chi connectivity index (χ1) is 15.9. The average molecular weight is 476 g/mol. The molecule has 0 atom stereocenters. The minimum atomic E-state index is -0.646. The van der Waals surface area contributed by atoms with Crippen molar-refractivity contribution >= 4 is 23.4 Å². The van der Waals surface area contributed by atoms with Gasteiger partial charge in [-0.1, -0.05) is 23.7 Å². The lowest BCUT2D eigenvalue weighted by Gasteiger charge is -2.09. The van der Waals surface area contributed by atoms with Gasteiger partial charge in [0, 0.05) is 25.8 Å². The summed E-state index contributed by atoms with van der Waals surface area (Å²) < 4.78 is 25.2. The molecule has 1 heterocycles. The van der Waals surface area contributed by atoms with E-state index in [0.29, 0.717) is 17.9 Å². The van der Waals surface area contributed by atoms with Crippen LogP contribution in [0.15, 0.2) is 42.5 Å². The number of nitrogens with zero attached hydrogens (tertiary/aromatic N) is 3. The number of halogens is 2. The van der Waals surface area contributed by atoms with E-state index >= 15 is 0 Å². The molecule has 0 radical (unpaired) electrons. The number of methoxy groups -OCH3 is 2. The Bertz CT molecular complexity index is 1140. The summed E-state index contributed by atoms with van der Waals surface area (Å²) in [6.07, 6.45) is 0. The summed E-state index contributed by atoms with van der Waals surface area (Å²) in [5, 5.41) is 9.61. The third kappa shape index (κ3) is 6.50. The first kappa shape index (κ1) is 24.1. The van der Waals surface area contributed by atoms with E-state index < -0.39 is 11.7 Å². The maximum absolute atomic E-state index is 13.9. The van der Waals surface area contributed by atoms with Crippen molar-refractivity contribution in [1.29, 1.82) is 0 Å². The SMILES string of the molecule is COCCNC(=O)c1nc(-c2ccc(Cl)c(F)c2)nn1CC(=O)NCc1cccc(OC)c1. The van der Waals surface area contributed by atoms with Gasteiger partial charge in [0.2, 0.25) is 11.7 Å². The van der Waals surface area contributed by atoms with Gasteiger partial charge in [0.15, 0.2) is 5.82 Å². The van der Waals surface area contributed by atoms with Crippen molar-refractivity contribution in [1.82, 2.24) is 25.4 Å². The van der Waals surface area contributed by atoms with Crippen LogP contribution < -0.4 is 15.4 Å². The van der Waals surface area contributed by atoms with Gasteiger partial charge in [0.1, 0.15) is 18.1 Å². The Hall–Kier alpha value is -3.50. The zero-order chi connectivity index (χ0) is 23.8. The van der Waals surface area contributed by atoms with Crippen LogP contribution in [0.3, 0.4) is 0 Å². The molecule has 1 aromatic heterocycles. The molecule has 0 saturated carbocycles. The number of ether oxygens (including phenoxy) is 2. The fourth-order valence-corrected chi connectivity index (χ4v) is 3.02. The highest BCUT2D eigenvalue weighted by atomic mass is 35.5. The van der Waals surface area contributed by atoms with Gasteiger partial charge in [0.25, 0.3) is 5.91 Å². The van der Waals surface area contributed by atoms with Crippen LogP contribution in [-0.4, -0.2) is 54.0 Å². The van der Waals surface area contributed by atoms with Gasteiger partial charge in [-0.25, -0.2) is 14.1 Å². The number of hydrogen-bond acceptors (Lipinski definition) is 6. The van der Waals surface area contributed by atoms with Gasteiger partial charge < -0.3 is 20.1 Å². The summed E-state index contributed by atoms with van der Waals surface area (Å²) >= 11 is 5.74. The van der Waals surface area contributed by atoms with Gasteiger partial charge in [-0.2, -0.15) is 0 Å². The maximum atomic E-state index is 13.9. The van der Waals surface area contributed by atoms with Gasteiger partial charge in [-0.3, -0.25) is 9.59 Å². The summed E-state index contributed by atoms with van der Waals surface area (Å²) in [4.78, 5) is 29.4. The Kier molecular flexibility index (Phi) is 8.34. The van der Waals surface area contributed by atoms with Crippen LogP contribution in [0.4, 0.5) is 4.39 Å². The molecule has 0 unspecified atom stereocenters. The first-order valence-electron chi connectivity index (χ1n) is 9.98. The lowest BCUT2D eigenvalue weighted by molar-refractivity contribution is -0.122. The van der Waals surface area contributed by atoms with E-state index in [2.05, 4.69) is 20.7 Å². The summed E-state index contributed by atoms with van der Waals surface area (Å²) in [6.45, 7) is 0.542. The molecule has 0 aliphatic heterocycles. The lowest BCUT2D eigenvalue weighted by atomic mass is 10.2. The zero-order valence-corrected chi connectivity index (χ0v) is 18.9. The van der Waals surface area contributed by atoms with Crippen molar-refractivity contribution in [2.75, 3.05) is 27.4 Å². The fraction of sp³-hybridized carbons (Fsp3) is 0.273. The Balaban J connectivity index is 1.78. The minimum absolute atomic E-state index is 0.0485. The number of amides is 2. The summed E-state index contributed by atoms with van der Waals surface area (Å²) in [5.41, 5.74) is 1.16. The minimum Gasteiger partial charge on any atom is -0.497 e. The molecule has 9 nitrogen and oxygen atoms in total. The lowest BCUT2D eigenvalue weighted by Crippen LogP contribution is -2.33. The fourth-order valence-electron chi connectivity index (χ4n) is 2.90. The predicted octanol–water partition coefficient (Wildman–Crippen LogP) is 2.44. The van der Waals surface area contributed by atoms with Crippen LogP contribution in [0, 0.1) is 5.82 Å². The molecular weight excluding hydrogens is 453 g/mol. The topological polar surface area (TPSA) is 107 Å². The van der Waals surface area contributed by atoms with Crippen LogP contribution in [0.2, 0.25) is 5.02 Å². The Morgan fingerprint density at radius 1 is 1.15 bits per heavy atom. The number of nitrogens with one attached hydrogen (secondary N) is 2. The Morgan fingerprint density at radius 2 is 1.97 bits per heavy atom. The number of carbonyl (C=O) groups is 2. The van der Waals surface area contributed by atoms with E-state index in [1.54, 1.807) is 19.2 Å². The van der Waals surface area contributed by atoms with Crippen LogP contribution >= 0.6 is 11.6 Å². The third-order valence-electron chi connectivity index (χ3n) is 4.56. The van der Waals surface area contributed by atoms with E-state index in [-0.39, 0.29) is 42.2 Å². The van der Waals surface area contributed by atoms with E-state index in [4.69, 9.17) is 21.1 Å². The molecule has 0 aliphatic carbocycles. The molecule has 2 N–H and O–H groups in total. The predicted molar refractivity (Wildman–Crippen MR) is 119 cm³/mol. The van der Waals surface area contributed by atoms with Crippen molar-refractivity contribution in [3.63, 3.8) is 0 Å². The second kappa shape index (κ2) is 11.4. The van der Waals surface area contributed by atoms with Crippen molar-refractivity contribution in [2.24, 2.45) is 0 Å². The van der Waals surface area contributed by atoms with Crippen LogP contribution in [-0.2, 0) is 22.6 Å². The van der Waals surface area contributed by atoms with Crippen LogP contribution in [0.1, 0.15) is 16.2 Å². The van der Waals surface area contributed by atoms with Crippen LogP contribution in [0.5, 0.6) is 5.75 Å². The van der Waals surface area contributed by atoms with E-state index in [0.717, 1.165) is 11.6 Å². The summed E-state index contributed by atoms with van der Waals surface area (Å²) in [6, 6.07) is 11.3. The largest absolute Gasteiger partial charge is 0.497 e. The number of aromatic nitrogens is 3. The van der Waals surface area contributed by atoms with Crippen LogP contribution in [0.25, 0.3) is 11.4 Å². The maximum Gasteiger partial charge on any atom is 0.288 e. The quantitative estimate of drug-likeness (QED) is 0.436. The molecule has 174 valence electrons. The number of rotatable bonds is 10. The normalized spacial score (nSPS) is 10.7. The highest BCUT2D eigenvalue weighted by molar-refractivity contribution is 6.30. The molecule has 3 rings (SSSR count). The van der Waals surface area contributed by atoms with E-state index in [1.807, 2.05) is 12.1 Å². The molecule has 2 amide bonds. The monoisotopic (exact) mass is 475 g/mol. The van der Waals surface area contributed by atoms with Crippen molar-refractivity contribution in [3.8, 4) is 17.1 Å². The molecular formula is C22H23ClFN5O4. The second-order valence-corrected chi connectivity index (χ2v) is 7.33. The Morgan fingerprint density at radius 3 is 2.70 bits per heavy atom. The van der Waals surface area contributed by atoms with Crippen molar-refractivity contribution < 1.29 is 23.5 Å². The van der Waals surface area contributed by atoms with Gasteiger partial charge in [-0.15, -0.1) is 5.10 Å². The first-order valence-corrected chi connectivity index (χ1v) is 10.4. The average Bonchev–Trinajstić information content (AvgIpc) is 3.23. The Labute approximate surface area is 194 Å². The third-order valence-corrected chi connectivity index (χ3v) is 4.87. The van der Waals surface area contributed by atoms with E-state index in [1.165, 1.54) is 23.9 Å². The second-order valence-electron chi connectivity index (χ2n) is 6.92. The highest BCUT2D eigenvalue weighted by Gasteiger charge is 2.20. The molecule has 0 fully saturated rings. The number of carbonyl (C=O) groups excluding carboxylic acids is 2. The zero-order valence-electron chi connectivity index (χ0n) is 18.1. The van der Waals surface area contributed by atoms with Gasteiger partial charge in [-0.05, 0) is 35.9 Å². The molecule has 0 bridgehead atoms. The standard InChI is InChI=1S/C22H23ClFN5O4/c1-32-9-8-25-22(31)21-27-20(15-6-7-17(23)18(24)11-15)28-29(21)13-19(30)26-12-14-4-3-5-16(10-14)33-2/h3-7,10-11H,8-9,12-13H2,1-2H3,(H,25,31)(H,26,30). The molecule has 0 spiro atoms. The smallest absolute Gasteiger partial charge is 0.288 e. The molecule has 0 saturated heterocycles. The number of hydrogen-bond donors (Lipinski definition) is 2. The van der Waals surface area contributed by atoms with Crippen molar-refractivity contribution in [2.45, 2.75) is 13.1 Å². The van der Waals surface area contributed by atoms with Crippen molar-refractivity contribution in [3.05, 3.63) is 64.7 Å². The molecule has 3 aromatic rings.